The summed E-state index contributed by atoms with van der Waals surface area (Å²) in [6.07, 6.45) is 5.84. The maximum absolute atomic E-state index is 13.3. The van der Waals surface area contributed by atoms with E-state index < -0.39 is 5.60 Å². The highest BCUT2D eigenvalue weighted by Crippen LogP contribution is 2.43. The molecule has 0 unspecified atom stereocenters. The molecule has 184 valence electrons. The minimum atomic E-state index is -1.56. The fraction of sp³-hybridized carbons (Fsp3) is 0.200. The monoisotopic (exact) mass is 509 g/mol. The molecular weight excluding hydrogens is 486 g/mol. The van der Waals surface area contributed by atoms with Gasteiger partial charge in [0.25, 0.3) is 5.56 Å². The molecule has 1 aliphatic carbocycles. The van der Waals surface area contributed by atoms with E-state index in [4.69, 9.17) is 16.3 Å². The molecule has 1 saturated carbocycles. The molecule has 7 rings (SSSR count). The van der Waals surface area contributed by atoms with Crippen LogP contribution in [0.1, 0.15) is 41.3 Å². The molecule has 0 amide bonds. The van der Waals surface area contributed by atoms with Crippen molar-refractivity contribution in [3.63, 3.8) is 0 Å². The van der Waals surface area contributed by atoms with E-state index >= 15 is 0 Å². The number of nitrogens with zero attached hydrogens (tertiary/aromatic N) is 2. The predicted molar refractivity (Wildman–Crippen MR) is 143 cm³/mol. The zero-order valence-corrected chi connectivity index (χ0v) is 20.7. The van der Waals surface area contributed by atoms with Crippen LogP contribution in [-0.2, 0) is 12.0 Å². The molecule has 5 aromatic rings. The SMILES string of the molecule is O=c1cc2c3cc(ccc3n1C1CC1)[C@@](O)(c1cnc[nH]1)c1ccc(Cl)c(c1)OCCc1cccc-2c1. The van der Waals surface area contributed by atoms with Crippen LogP contribution in [0.4, 0.5) is 0 Å². The highest BCUT2D eigenvalue weighted by Gasteiger charge is 2.37. The van der Waals surface area contributed by atoms with Gasteiger partial charge < -0.3 is 19.4 Å². The van der Waals surface area contributed by atoms with Crippen LogP contribution in [0.3, 0.4) is 0 Å². The van der Waals surface area contributed by atoms with Gasteiger partial charge in [0.2, 0.25) is 0 Å². The number of aliphatic hydroxyl groups is 1. The van der Waals surface area contributed by atoms with Gasteiger partial charge in [0, 0.05) is 23.9 Å². The first kappa shape index (κ1) is 22.3. The number of benzene rings is 3. The molecule has 0 radical (unpaired) electrons. The second-order valence-corrected chi connectivity index (χ2v) is 10.3. The van der Waals surface area contributed by atoms with Crippen LogP contribution in [0.25, 0.3) is 22.0 Å². The fourth-order valence-electron chi connectivity index (χ4n) is 5.47. The van der Waals surface area contributed by atoms with Gasteiger partial charge in [-0.25, -0.2) is 4.98 Å². The van der Waals surface area contributed by atoms with E-state index in [2.05, 4.69) is 22.1 Å². The zero-order valence-electron chi connectivity index (χ0n) is 19.9. The van der Waals surface area contributed by atoms with Gasteiger partial charge in [-0.1, -0.05) is 48.0 Å². The number of aromatic amines is 1. The summed E-state index contributed by atoms with van der Waals surface area (Å²) in [4.78, 5) is 20.6. The third kappa shape index (κ3) is 3.59. The highest BCUT2D eigenvalue weighted by molar-refractivity contribution is 6.32. The lowest BCUT2D eigenvalue weighted by atomic mass is 9.82. The number of hydrogen-bond donors (Lipinski definition) is 2. The molecule has 0 saturated heterocycles. The van der Waals surface area contributed by atoms with Crippen LogP contribution in [0.15, 0.2) is 84.0 Å². The van der Waals surface area contributed by atoms with Gasteiger partial charge in [-0.2, -0.15) is 0 Å². The van der Waals surface area contributed by atoms with Crippen molar-refractivity contribution in [1.82, 2.24) is 14.5 Å². The second-order valence-electron chi connectivity index (χ2n) is 9.85. The predicted octanol–water partition coefficient (Wildman–Crippen LogP) is 5.60. The Balaban J connectivity index is 1.59. The quantitative estimate of drug-likeness (QED) is 0.324. The average Bonchev–Trinajstić information content (AvgIpc) is 3.59. The smallest absolute Gasteiger partial charge is 0.251 e. The first-order chi connectivity index (χ1) is 18.0. The lowest BCUT2D eigenvalue weighted by molar-refractivity contribution is 0.121. The molecule has 2 aromatic heterocycles. The number of nitrogens with one attached hydrogen (secondary N) is 1. The Hall–Kier alpha value is -3.87. The Labute approximate surface area is 218 Å². The first-order valence-electron chi connectivity index (χ1n) is 12.5. The molecule has 1 atom stereocenters. The largest absolute Gasteiger partial charge is 0.492 e. The highest BCUT2D eigenvalue weighted by atomic mass is 35.5. The number of imidazole rings is 1. The molecule has 3 heterocycles. The Bertz CT molecular complexity index is 1720. The number of ether oxygens (including phenoxy) is 1. The minimum absolute atomic E-state index is 0.00113. The minimum Gasteiger partial charge on any atom is -0.492 e. The maximum Gasteiger partial charge on any atom is 0.251 e. The summed E-state index contributed by atoms with van der Waals surface area (Å²) in [6, 6.07) is 21.4. The van der Waals surface area contributed by atoms with Gasteiger partial charge in [-0.3, -0.25) is 4.79 Å². The number of rotatable bonds is 2. The van der Waals surface area contributed by atoms with Crippen LogP contribution in [0.2, 0.25) is 5.02 Å². The standard InChI is InChI=1S/C30H24ClN3O3/c31-25-8-4-21-14-27(25)37-11-10-18-2-1-3-19(12-18)23-15-29(35)34(22-6-7-22)26-9-5-20(13-24(23)26)30(21,36)28-16-32-17-33-28/h1-5,8-9,12-17,22,36H,6-7,10-11H2,(H,32,33)/t30-/m0/s1. The summed E-state index contributed by atoms with van der Waals surface area (Å²) in [6.45, 7) is 0.416. The molecule has 2 N–H and O–H groups in total. The number of H-pyrrole nitrogens is 1. The fourth-order valence-corrected chi connectivity index (χ4v) is 5.64. The van der Waals surface area contributed by atoms with Gasteiger partial charge in [-0.15, -0.1) is 0 Å². The van der Waals surface area contributed by atoms with E-state index in [1.54, 1.807) is 36.8 Å². The van der Waals surface area contributed by atoms with Gasteiger partial charge in [-0.05, 0) is 64.9 Å². The van der Waals surface area contributed by atoms with Crippen molar-refractivity contribution in [2.45, 2.75) is 30.9 Å². The average molecular weight is 510 g/mol. The molecule has 6 bridgehead atoms. The molecule has 6 nitrogen and oxygen atoms in total. The first-order valence-corrected chi connectivity index (χ1v) is 12.8. The summed E-state index contributed by atoms with van der Waals surface area (Å²) >= 11 is 6.49. The van der Waals surface area contributed by atoms with E-state index in [1.807, 2.05) is 34.9 Å². The number of aromatic nitrogens is 3. The Morgan fingerprint density at radius 1 is 1.05 bits per heavy atom. The molecule has 37 heavy (non-hydrogen) atoms. The molecule has 0 spiro atoms. The lowest BCUT2D eigenvalue weighted by Gasteiger charge is -2.29. The summed E-state index contributed by atoms with van der Waals surface area (Å²) in [7, 11) is 0. The van der Waals surface area contributed by atoms with Gasteiger partial charge in [0.15, 0.2) is 5.60 Å². The van der Waals surface area contributed by atoms with Crippen molar-refractivity contribution < 1.29 is 9.84 Å². The molecule has 7 heteroatoms. The Kier molecular flexibility index (Phi) is 5.03. The molecule has 2 aliphatic rings. The van der Waals surface area contributed by atoms with Gasteiger partial charge >= 0.3 is 0 Å². The third-order valence-electron chi connectivity index (χ3n) is 7.50. The van der Waals surface area contributed by atoms with Crippen LogP contribution in [0, 0.1) is 0 Å². The van der Waals surface area contributed by atoms with Crippen molar-refractivity contribution >= 4 is 22.5 Å². The van der Waals surface area contributed by atoms with Crippen molar-refractivity contribution in [3.05, 3.63) is 117 Å². The number of hydrogen-bond acceptors (Lipinski definition) is 4. The molecule has 1 aliphatic heterocycles. The van der Waals surface area contributed by atoms with Crippen LogP contribution >= 0.6 is 11.6 Å². The number of halogens is 1. The Morgan fingerprint density at radius 2 is 1.89 bits per heavy atom. The number of fused-ring (bicyclic) bond motifs is 6. The molecular formula is C30H24ClN3O3. The van der Waals surface area contributed by atoms with Crippen molar-refractivity contribution in [3.8, 4) is 16.9 Å². The van der Waals surface area contributed by atoms with Crippen LogP contribution in [-0.4, -0.2) is 26.2 Å². The van der Waals surface area contributed by atoms with E-state index in [9.17, 15) is 9.90 Å². The summed E-state index contributed by atoms with van der Waals surface area (Å²) in [5.41, 5.74) is 3.99. The maximum atomic E-state index is 13.3. The number of pyridine rings is 1. The summed E-state index contributed by atoms with van der Waals surface area (Å²) in [5, 5.41) is 13.8. The van der Waals surface area contributed by atoms with E-state index in [1.165, 1.54) is 0 Å². The topological polar surface area (TPSA) is 80.1 Å². The van der Waals surface area contributed by atoms with Crippen molar-refractivity contribution in [2.24, 2.45) is 0 Å². The van der Waals surface area contributed by atoms with E-state index in [0.29, 0.717) is 40.6 Å². The van der Waals surface area contributed by atoms with Crippen LogP contribution < -0.4 is 10.3 Å². The van der Waals surface area contributed by atoms with Gasteiger partial charge in [0.05, 0.1) is 35.4 Å². The summed E-state index contributed by atoms with van der Waals surface area (Å²) in [5.74, 6) is 0.509. The van der Waals surface area contributed by atoms with E-state index in [-0.39, 0.29) is 11.6 Å². The lowest BCUT2D eigenvalue weighted by Crippen LogP contribution is -2.30. The third-order valence-corrected chi connectivity index (χ3v) is 7.82. The molecule has 3 aromatic carbocycles. The van der Waals surface area contributed by atoms with Crippen molar-refractivity contribution in [1.29, 1.82) is 0 Å². The second kappa shape index (κ2) is 8.33. The zero-order chi connectivity index (χ0) is 25.1. The van der Waals surface area contributed by atoms with Gasteiger partial charge in [0.1, 0.15) is 5.75 Å². The summed E-state index contributed by atoms with van der Waals surface area (Å²) < 4.78 is 7.99. The van der Waals surface area contributed by atoms with E-state index in [0.717, 1.165) is 40.4 Å². The van der Waals surface area contributed by atoms with Crippen molar-refractivity contribution in [2.75, 3.05) is 6.61 Å². The molecule has 1 fully saturated rings. The van der Waals surface area contributed by atoms with Crippen LogP contribution in [0.5, 0.6) is 5.75 Å². The normalized spacial score (nSPS) is 19.0. The Morgan fingerprint density at radius 3 is 2.70 bits per heavy atom.